The van der Waals surface area contributed by atoms with Gasteiger partial charge in [0.05, 0.1) is 10.0 Å². The Kier molecular flexibility index (Phi) is 6.06. The Hall–Kier alpha value is -3.60. The number of carbonyl (C=O) groups excluding carboxylic acids is 3. The zero-order valence-corrected chi connectivity index (χ0v) is 18.1. The van der Waals surface area contributed by atoms with Crippen molar-refractivity contribution in [1.29, 1.82) is 0 Å². The highest BCUT2D eigenvalue weighted by Gasteiger charge is 2.41. The maximum Gasteiger partial charge on any atom is 0.236 e. The molecule has 1 amide bonds. The molecule has 0 saturated carbocycles. The number of rotatable bonds is 8. The summed E-state index contributed by atoms with van der Waals surface area (Å²) in [6.07, 6.45) is 0. The average Bonchev–Trinajstić information content (AvgIpc) is 2.85. The van der Waals surface area contributed by atoms with Crippen LogP contribution < -0.4 is 5.32 Å². The molecule has 1 N–H and O–H groups in total. The van der Waals surface area contributed by atoms with Crippen molar-refractivity contribution in [2.75, 3.05) is 5.32 Å². The summed E-state index contributed by atoms with van der Waals surface area (Å²) < 4.78 is 38.8. The number of carbonyl (C=O) groups is 3. The molecule has 0 radical (unpaired) electrons. The number of anilines is 1. The third kappa shape index (κ3) is 5.17. The van der Waals surface area contributed by atoms with Gasteiger partial charge in [-0.3, -0.25) is 14.4 Å². The molecule has 0 spiro atoms. The molecule has 4 nitrogen and oxygen atoms in total. The Bertz CT molecular complexity index is 1230. The lowest BCUT2D eigenvalue weighted by molar-refractivity contribution is -0.133. The summed E-state index contributed by atoms with van der Waals surface area (Å²) >= 11 is 0. The Morgan fingerprint density at radius 2 is 1.53 bits per heavy atom. The third-order valence-corrected chi connectivity index (χ3v) is 5.16. The molecule has 0 aliphatic carbocycles. The minimum atomic E-state index is -1.48. The highest BCUT2D eigenvalue weighted by atomic mass is 19.1. The number of halogens is 1. The third-order valence-electron chi connectivity index (χ3n) is 5.16. The van der Waals surface area contributed by atoms with Crippen LogP contribution in [0.1, 0.15) is 45.4 Å². The van der Waals surface area contributed by atoms with Crippen molar-refractivity contribution in [3.05, 3.63) is 101 Å². The Balaban J connectivity index is 2.23. The highest BCUT2D eigenvalue weighted by molar-refractivity contribution is 6.14. The van der Waals surface area contributed by atoms with Crippen LogP contribution in [0.25, 0.3) is 0 Å². The van der Waals surface area contributed by atoms with Gasteiger partial charge in [-0.1, -0.05) is 62.4 Å². The summed E-state index contributed by atoms with van der Waals surface area (Å²) in [7, 11) is 0. The number of hydrogen-bond donors (Lipinski definition) is 1. The molecule has 2 unspecified atom stereocenters. The number of nitrogens with one attached hydrogen (secondary N) is 1. The summed E-state index contributed by atoms with van der Waals surface area (Å²) in [6.45, 7) is 4.49. The first-order valence-electron chi connectivity index (χ1n) is 11.8. The zero-order valence-electron chi connectivity index (χ0n) is 21.1. The number of amides is 1. The van der Waals surface area contributed by atoms with E-state index in [2.05, 4.69) is 5.32 Å². The van der Waals surface area contributed by atoms with Crippen molar-refractivity contribution in [3.8, 4) is 0 Å². The normalized spacial score (nSPS) is 14.1. The van der Waals surface area contributed by atoms with Gasteiger partial charge in [0.25, 0.3) is 0 Å². The fourth-order valence-electron chi connectivity index (χ4n) is 3.46. The van der Waals surface area contributed by atoms with E-state index in [1.165, 1.54) is 6.92 Å². The van der Waals surface area contributed by atoms with E-state index in [0.29, 0.717) is 11.3 Å². The summed E-state index contributed by atoms with van der Waals surface area (Å²) in [5.41, 5.74) is 0.0391. The average molecular weight is 435 g/mol. The number of para-hydroxylation sites is 1. The lowest BCUT2D eigenvalue weighted by Gasteiger charge is -2.26. The van der Waals surface area contributed by atoms with E-state index in [1.54, 1.807) is 74.5 Å². The second-order valence-electron chi connectivity index (χ2n) is 7.83. The molecule has 32 heavy (non-hydrogen) atoms. The van der Waals surface area contributed by atoms with E-state index < -0.39 is 64.7 Å². The first-order valence-corrected chi connectivity index (χ1v) is 10.3. The van der Waals surface area contributed by atoms with Crippen LogP contribution in [0.4, 0.5) is 10.1 Å². The van der Waals surface area contributed by atoms with Gasteiger partial charge in [-0.25, -0.2) is 4.39 Å². The lowest BCUT2D eigenvalue weighted by atomic mass is 9.75. The molecular formula is C27H26FNO3. The number of ketones is 2. The first kappa shape index (κ1) is 19.1. The molecule has 0 fully saturated rings. The lowest BCUT2D eigenvalue weighted by Crippen LogP contribution is -2.40. The fraction of sp³-hybridized carbons (Fsp3) is 0.222. The highest BCUT2D eigenvalue weighted by Crippen LogP contribution is 2.33. The minimum absolute atomic E-state index is 0.248. The Morgan fingerprint density at radius 1 is 0.938 bits per heavy atom. The smallest absolute Gasteiger partial charge is 0.236 e. The topological polar surface area (TPSA) is 63.2 Å². The van der Waals surface area contributed by atoms with Crippen LogP contribution in [-0.4, -0.2) is 17.5 Å². The molecule has 0 aliphatic heterocycles. The molecule has 3 aromatic rings. The van der Waals surface area contributed by atoms with Gasteiger partial charge in [0, 0.05) is 17.2 Å². The van der Waals surface area contributed by atoms with Gasteiger partial charge in [-0.2, -0.15) is 0 Å². The van der Waals surface area contributed by atoms with Crippen molar-refractivity contribution >= 4 is 23.2 Å². The van der Waals surface area contributed by atoms with E-state index in [-0.39, 0.29) is 5.56 Å². The van der Waals surface area contributed by atoms with Gasteiger partial charge in [0.2, 0.25) is 5.91 Å². The Morgan fingerprint density at radius 3 is 2.12 bits per heavy atom. The van der Waals surface area contributed by atoms with Crippen LogP contribution in [0, 0.1) is 24.6 Å². The molecule has 0 aromatic heterocycles. The van der Waals surface area contributed by atoms with E-state index in [4.69, 9.17) is 4.11 Å². The van der Waals surface area contributed by atoms with Crippen molar-refractivity contribution in [2.24, 2.45) is 11.8 Å². The van der Waals surface area contributed by atoms with E-state index >= 15 is 0 Å². The number of hydrogen-bond acceptors (Lipinski definition) is 3. The monoisotopic (exact) mass is 434 g/mol. The number of benzene rings is 3. The molecule has 0 aliphatic rings. The summed E-state index contributed by atoms with van der Waals surface area (Å²) in [4.78, 5) is 40.8. The minimum Gasteiger partial charge on any atom is -0.325 e. The first-order chi connectivity index (χ1) is 16.6. The molecule has 5 heteroatoms. The van der Waals surface area contributed by atoms with E-state index in [9.17, 15) is 18.8 Å². The summed E-state index contributed by atoms with van der Waals surface area (Å²) in [5.74, 6) is -6.58. The molecule has 0 heterocycles. The molecule has 164 valence electrons. The van der Waals surface area contributed by atoms with Crippen molar-refractivity contribution in [3.63, 3.8) is 0 Å². The van der Waals surface area contributed by atoms with Gasteiger partial charge >= 0.3 is 0 Å². The van der Waals surface area contributed by atoms with Crippen LogP contribution >= 0.6 is 0 Å². The zero-order chi connectivity index (χ0) is 25.9. The summed E-state index contributed by atoms with van der Waals surface area (Å²) in [6, 6.07) is 14.6. The van der Waals surface area contributed by atoms with Crippen molar-refractivity contribution < 1.29 is 22.9 Å². The van der Waals surface area contributed by atoms with Gasteiger partial charge in [-0.05, 0) is 48.3 Å². The maximum absolute atomic E-state index is 14.3. The quantitative estimate of drug-likeness (QED) is 0.372. The second kappa shape index (κ2) is 10.1. The predicted molar refractivity (Wildman–Crippen MR) is 123 cm³/mol. The van der Waals surface area contributed by atoms with Gasteiger partial charge < -0.3 is 5.32 Å². The summed E-state index contributed by atoms with van der Waals surface area (Å²) in [5, 5.41) is 2.69. The van der Waals surface area contributed by atoms with E-state index in [0.717, 1.165) is 0 Å². The largest absolute Gasteiger partial charge is 0.325 e. The van der Waals surface area contributed by atoms with Crippen LogP contribution in [0.3, 0.4) is 0 Å². The molecule has 0 saturated heterocycles. The SMILES string of the molecule is [2H]c1c([2H])c(C(=O)C(c2ccccc2)C(C(=O)Nc2ccccc2)C(=O)C(C)C)c([2H])c(C)c1F. The predicted octanol–water partition coefficient (Wildman–Crippen LogP) is 5.58. The van der Waals surface area contributed by atoms with Crippen molar-refractivity contribution in [2.45, 2.75) is 26.7 Å². The van der Waals surface area contributed by atoms with Crippen LogP contribution in [0.15, 0.2) is 78.8 Å². The van der Waals surface area contributed by atoms with Gasteiger partial charge in [-0.15, -0.1) is 0 Å². The van der Waals surface area contributed by atoms with Gasteiger partial charge in [0.1, 0.15) is 17.5 Å². The van der Waals surface area contributed by atoms with Crippen molar-refractivity contribution in [1.82, 2.24) is 0 Å². The Labute approximate surface area is 191 Å². The molecule has 3 rings (SSSR count). The molecule has 0 bridgehead atoms. The van der Waals surface area contributed by atoms with Crippen LogP contribution in [-0.2, 0) is 9.59 Å². The van der Waals surface area contributed by atoms with Crippen LogP contribution in [0.2, 0.25) is 0 Å². The number of Topliss-reactive ketones (excluding diaryl/α,β-unsaturated/α-hetero) is 2. The second-order valence-corrected chi connectivity index (χ2v) is 7.83. The maximum atomic E-state index is 14.3. The standard InChI is InChI=1S/C27H26FNO3/c1-17(2)25(30)24(27(32)29-21-12-8-5-9-13-21)23(19-10-6-4-7-11-19)26(31)20-14-15-22(28)18(3)16-20/h4-17,23-24H,1-3H3,(H,29,32)/i14D,15D,16D. The fourth-order valence-corrected chi connectivity index (χ4v) is 3.46. The molecule has 2 atom stereocenters. The van der Waals surface area contributed by atoms with Crippen LogP contribution in [0.5, 0.6) is 0 Å². The molecular weight excluding hydrogens is 405 g/mol. The van der Waals surface area contributed by atoms with Gasteiger partial charge in [0.15, 0.2) is 5.78 Å². The van der Waals surface area contributed by atoms with E-state index in [1.807, 2.05) is 0 Å². The molecule has 3 aromatic carbocycles.